The van der Waals surface area contributed by atoms with Crippen LogP contribution in [0, 0.1) is 11.8 Å². The highest BCUT2D eigenvalue weighted by atomic mass is 19.4. The van der Waals surface area contributed by atoms with E-state index in [2.05, 4.69) is 9.97 Å². The van der Waals surface area contributed by atoms with Crippen LogP contribution in [-0.2, 0) is 4.79 Å². The van der Waals surface area contributed by atoms with Gasteiger partial charge < -0.3 is 10.0 Å². The molecule has 0 bridgehead atoms. The molecule has 1 aliphatic heterocycles. The van der Waals surface area contributed by atoms with Gasteiger partial charge in [0.15, 0.2) is 0 Å². The molecule has 0 unspecified atom stereocenters. The number of hydrogen-bond donors (Lipinski definition) is 1. The van der Waals surface area contributed by atoms with Gasteiger partial charge >= 0.3 is 12.1 Å². The maximum absolute atomic E-state index is 12.9. The molecule has 1 aromatic heterocycles. The number of nitrogens with zero attached hydrogens (tertiary/aromatic N) is 3. The lowest BCUT2D eigenvalue weighted by Crippen LogP contribution is -2.33. The van der Waals surface area contributed by atoms with E-state index in [9.17, 15) is 18.0 Å². The molecule has 0 spiro atoms. The molecular weight excluding hydrogens is 287 g/mol. The highest BCUT2D eigenvalue weighted by Gasteiger charge is 2.52. The second-order valence-corrected chi connectivity index (χ2v) is 5.43. The maximum atomic E-state index is 12.9. The van der Waals surface area contributed by atoms with Crippen molar-refractivity contribution >= 4 is 11.8 Å². The summed E-state index contributed by atoms with van der Waals surface area (Å²) in [7, 11) is 0. The zero-order valence-electron chi connectivity index (χ0n) is 11.6. The van der Waals surface area contributed by atoms with Crippen LogP contribution in [0.5, 0.6) is 0 Å². The summed E-state index contributed by atoms with van der Waals surface area (Å²) in [6, 6.07) is 1.50. The van der Waals surface area contributed by atoms with Crippen molar-refractivity contribution in [2.24, 2.45) is 11.8 Å². The largest absolute Gasteiger partial charge is 0.481 e. The number of carbonyl (C=O) groups is 1. The number of carboxylic acids is 1. The molecule has 0 aliphatic carbocycles. The van der Waals surface area contributed by atoms with Crippen LogP contribution in [0.1, 0.15) is 25.6 Å². The molecule has 116 valence electrons. The maximum Gasteiger partial charge on any atom is 0.394 e. The molecule has 1 aliphatic rings. The Labute approximate surface area is 119 Å². The highest BCUT2D eigenvalue weighted by Crippen LogP contribution is 2.39. The summed E-state index contributed by atoms with van der Waals surface area (Å²) in [6.45, 7) is 3.16. The van der Waals surface area contributed by atoms with Crippen LogP contribution < -0.4 is 4.90 Å². The first-order valence-corrected chi connectivity index (χ1v) is 6.57. The number of anilines is 1. The van der Waals surface area contributed by atoms with Crippen molar-refractivity contribution in [1.29, 1.82) is 0 Å². The van der Waals surface area contributed by atoms with Gasteiger partial charge in [-0.1, -0.05) is 13.8 Å². The van der Waals surface area contributed by atoms with Crippen LogP contribution in [0.4, 0.5) is 19.0 Å². The van der Waals surface area contributed by atoms with E-state index in [1.165, 1.54) is 17.2 Å². The van der Waals surface area contributed by atoms with Gasteiger partial charge in [-0.25, -0.2) is 9.97 Å². The van der Waals surface area contributed by atoms with Gasteiger partial charge in [0, 0.05) is 25.2 Å². The topological polar surface area (TPSA) is 66.3 Å². The van der Waals surface area contributed by atoms with E-state index >= 15 is 0 Å². The SMILES string of the molecule is CC(C)c1nccc(N2C[C@@H](C(F)(F)F)[C@H](C(=O)O)C2)n1. The van der Waals surface area contributed by atoms with Crippen molar-refractivity contribution in [2.45, 2.75) is 25.9 Å². The van der Waals surface area contributed by atoms with Gasteiger partial charge in [-0.3, -0.25) is 4.79 Å². The quantitative estimate of drug-likeness (QED) is 0.928. The number of halogens is 3. The number of alkyl halides is 3. The van der Waals surface area contributed by atoms with E-state index < -0.39 is 30.5 Å². The second kappa shape index (κ2) is 5.50. The predicted molar refractivity (Wildman–Crippen MR) is 69.0 cm³/mol. The van der Waals surface area contributed by atoms with Crippen LogP contribution in [0.2, 0.25) is 0 Å². The van der Waals surface area contributed by atoms with Crippen LogP contribution in [0.3, 0.4) is 0 Å². The van der Waals surface area contributed by atoms with E-state index in [1.807, 2.05) is 13.8 Å². The Bertz CT molecular complexity index is 534. The van der Waals surface area contributed by atoms with E-state index in [0.717, 1.165) is 0 Å². The average Bonchev–Trinajstić information content (AvgIpc) is 2.84. The predicted octanol–water partition coefficient (Wildman–Crippen LogP) is 2.30. The molecule has 0 amide bonds. The zero-order valence-corrected chi connectivity index (χ0v) is 11.6. The number of aliphatic carboxylic acids is 1. The van der Waals surface area contributed by atoms with Gasteiger partial charge in [0.25, 0.3) is 0 Å². The van der Waals surface area contributed by atoms with Gasteiger partial charge in [-0.05, 0) is 6.07 Å². The Morgan fingerprint density at radius 1 is 1.43 bits per heavy atom. The Balaban J connectivity index is 2.27. The standard InChI is InChI=1S/C13H16F3N3O2/c1-7(2)11-17-4-3-10(18-11)19-5-8(12(20)21)9(6-19)13(14,15)16/h3-4,7-9H,5-6H2,1-2H3,(H,20,21)/t8-,9-/m1/s1. The normalized spacial score (nSPS) is 22.9. The van der Waals surface area contributed by atoms with Crippen LogP contribution >= 0.6 is 0 Å². The minimum Gasteiger partial charge on any atom is -0.481 e. The fourth-order valence-corrected chi connectivity index (χ4v) is 2.39. The summed E-state index contributed by atoms with van der Waals surface area (Å²) >= 11 is 0. The summed E-state index contributed by atoms with van der Waals surface area (Å²) in [4.78, 5) is 20.7. The van der Waals surface area contributed by atoms with Gasteiger partial charge in [0.1, 0.15) is 11.6 Å². The van der Waals surface area contributed by atoms with Gasteiger partial charge in [0.2, 0.25) is 0 Å². The fraction of sp³-hybridized carbons (Fsp3) is 0.615. The van der Waals surface area contributed by atoms with Crippen LogP contribution in [0.15, 0.2) is 12.3 Å². The van der Waals surface area contributed by atoms with E-state index in [-0.39, 0.29) is 12.5 Å². The molecule has 2 heterocycles. The van der Waals surface area contributed by atoms with Crippen molar-refractivity contribution in [3.8, 4) is 0 Å². The highest BCUT2D eigenvalue weighted by molar-refractivity contribution is 5.72. The fourth-order valence-electron chi connectivity index (χ4n) is 2.39. The second-order valence-electron chi connectivity index (χ2n) is 5.43. The molecule has 0 saturated carbocycles. The Kier molecular flexibility index (Phi) is 4.06. The third-order valence-corrected chi connectivity index (χ3v) is 3.56. The molecule has 1 N–H and O–H groups in total. The molecule has 8 heteroatoms. The van der Waals surface area contributed by atoms with E-state index in [0.29, 0.717) is 11.6 Å². The van der Waals surface area contributed by atoms with Crippen molar-refractivity contribution in [3.63, 3.8) is 0 Å². The zero-order chi connectivity index (χ0) is 15.8. The van der Waals surface area contributed by atoms with Gasteiger partial charge in [-0.15, -0.1) is 0 Å². The van der Waals surface area contributed by atoms with Gasteiger partial charge in [-0.2, -0.15) is 13.2 Å². The Hall–Kier alpha value is -1.86. The summed E-state index contributed by atoms with van der Waals surface area (Å²) in [5.41, 5.74) is 0. The van der Waals surface area contributed by atoms with Crippen molar-refractivity contribution < 1.29 is 23.1 Å². The Morgan fingerprint density at radius 2 is 2.10 bits per heavy atom. The van der Waals surface area contributed by atoms with Crippen LogP contribution in [0.25, 0.3) is 0 Å². The summed E-state index contributed by atoms with van der Waals surface area (Å²) in [6.07, 6.45) is -3.06. The molecule has 1 fully saturated rings. The lowest BCUT2D eigenvalue weighted by atomic mass is 9.96. The first-order chi connectivity index (χ1) is 9.70. The minimum absolute atomic E-state index is 0.0428. The first kappa shape index (κ1) is 15.5. The minimum atomic E-state index is -4.54. The number of aromatic nitrogens is 2. The van der Waals surface area contributed by atoms with Gasteiger partial charge in [0.05, 0.1) is 11.8 Å². The lowest BCUT2D eigenvalue weighted by molar-refractivity contribution is -0.187. The van der Waals surface area contributed by atoms with Crippen molar-refractivity contribution in [1.82, 2.24) is 9.97 Å². The lowest BCUT2D eigenvalue weighted by Gasteiger charge is -2.19. The molecule has 2 rings (SSSR count). The van der Waals surface area contributed by atoms with Crippen molar-refractivity contribution in [2.75, 3.05) is 18.0 Å². The third kappa shape index (κ3) is 3.25. The molecular formula is C13H16F3N3O2. The van der Waals surface area contributed by atoms with Crippen molar-refractivity contribution in [3.05, 3.63) is 18.1 Å². The molecule has 5 nitrogen and oxygen atoms in total. The number of carboxylic acid groups (broad SMARTS) is 1. The number of rotatable bonds is 3. The average molecular weight is 303 g/mol. The number of hydrogen-bond acceptors (Lipinski definition) is 4. The van der Waals surface area contributed by atoms with Crippen LogP contribution in [-0.4, -0.2) is 40.3 Å². The van der Waals surface area contributed by atoms with E-state index in [4.69, 9.17) is 5.11 Å². The summed E-state index contributed by atoms with van der Waals surface area (Å²) in [5.74, 6) is -3.88. The monoisotopic (exact) mass is 303 g/mol. The smallest absolute Gasteiger partial charge is 0.394 e. The third-order valence-electron chi connectivity index (χ3n) is 3.56. The molecule has 2 atom stereocenters. The molecule has 21 heavy (non-hydrogen) atoms. The molecule has 0 radical (unpaired) electrons. The van der Waals surface area contributed by atoms with E-state index in [1.54, 1.807) is 0 Å². The molecule has 1 aromatic rings. The summed E-state index contributed by atoms with van der Waals surface area (Å²) < 4.78 is 38.8. The molecule has 1 saturated heterocycles. The first-order valence-electron chi connectivity index (χ1n) is 6.57. The summed E-state index contributed by atoms with van der Waals surface area (Å²) in [5, 5.41) is 9.00. The Morgan fingerprint density at radius 3 is 2.57 bits per heavy atom. The molecule has 0 aromatic carbocycles.